The molecular formula is C22H31FIN5O. The number of carbonyl (C=O) groups is 1. The van der Waals surface area contributed by atoms with Crippen LogP contribution in [0, 0.1) is 5.82 Å². The van der Waals surface area contributed by atoms with E-state index in [1.807, 2.05) is 55.2 Å². The van der Waals surface area contributed by atoms with Gasteiger partial charge in [0.25, 0.3) is 5.91 Å². The van der Waals surface area contributed by atoms with E-state index in [4.69, 9.17) is 0 Å². The quantitative estimate of drug-likeness (QED) is 0.315. The summed E-state index contributed by atoms with van der Waals surface area (Å²) in [6.07, 6.45) is 0. The maximum absolute atomic E-state index is 13.4. The fourth-order valence-corrected chi connectivity index (χ4v) is 2.87. The van der Waals surface area contributed by atoms with Crippen molar-refractivity contribution in [3.8, 4) is 0 Å². The third kappa shape index (κ3) is 8.66. The molecule has 30 heavy (non-hydrogen) atoms. The summed E-state index contributed by atoms with van der Waals surface area (Å²) < 4.78 is 13.4. The lowest BCUT2D eigenvalue weighted by Gasteiger charge is -2.22. The van der Waals surface area contributed by atoms with Crippen LogP contribution in [0.5, 0.6) is 0 Å². The van der Waals surface area contributed by atoms with Crippen LogP contribution in [0.2, 0.25) is 0 Å². The van der Waals surface area contributed by atoms with Gasteiger partial charge >= 0.3 is 0 Å². The summed E-state index contributed by atoms with van der Waals surface area (Å²) in [6, 6.07) is 14.0. The Morgan fingerprint density at radius 1 is 1.03 bits per heavy atom. The van der Waals surface area contributed by atoms with E-state index < -0.39 is 0 Å². The smallest absolute Gasteiger partial charge is 0.251 e. The normalized spacial score (nSPS) is 11.1. The summed E-state index contributed by atoms with van der Waals surface area (Å²) in [5.41, 5.74) is 2.48. The SMILES string of the molecule is CN=C(NCc1cccc(C(=O)NCCN(C)C)c1)N(C)Cc1cccc(F)c1.I. The molecule has 0 aliphatic heterocycles. The lowest BCUT2D eigenvalue weighted by Crippen LogP contribution is -2.38. The number of hydrogen-bond donors (Lipinski definition) is 2. The summed E-state index contributed by atoms with van der Waals surface area (Å²) >= 11 is 0. The predicted molar refractivity (Wildman–Crippen MR) is 131 cm³/mol. The van der Waals surface area contributed by atoms with Gasteiger partial charge in [-0.1, -0.05) is 24.3 Å². The third-order valence-electron chi connectivity index (χ3n) is 4.37. The van der Waals surface area contributed by atoms with E-state index in [9.17, 15) is 9.18 Å². The van der Waals surface area contributed by atoms with Gasteiger partial charge in [-0.3, -0.25) is 9.79 Å². The van der Waals surface area contributed by atoms with Gasteiger partial charge in [-0.15, -0.1) is 24.0 Å². The molecule has 0 radical (unpaired) electrons. The Balaban J connectivity index is 0.00000450. The molecule has 0 bridgehead atoms. The number of carbonyl (C=O) groups excluding carboxylic acids is 1. The van der Waals surface area contributed by atoms with Crippen LogP contribution in [-0.4, -0.2) is 62.9 Å². The molecule has 6 nitrogen and oxygen atoms in total. The van der Waals surface area contributed by atoms with Crippen LogP contribution < -0.4 is 10.6 Å². The molecule has 0 fully saturated rings. The summed E-state index contributed by atoms with van der Waals surface area (Å²) in [5, 5.41) is 6.21. The second-order valence-electron chi connectivity index (χ2n) is 7.15. The Labute approximate surface area is 195 Å². The lowest BCUT2D eigenvalue weighted by atomic mass is 10.1. The van der Waals surface area contributed by atoms with E-state index in [1.54, 1.807) is 19.2 Å². The zero-order valence-corrected chi connectivity index (χ0v) is 20.3. The van der Waals surface area contributed by atoms with Crippen molar-refractivity contribution in [1.82, 2.24) is 20.4 Å². The summed E-state index contributed by atoms with van der Waals surface area (Å²) in [7, 11) is 7.54. The molecule has 0 aliphatic carbocycles. The number of likely N-dealkylation sites (N-methyl/N-ethyl adjacent to an activating group) is 1. The number of benzene rings is 2. The van der Waals surface area contributed by atoms with Gasteiger partial charge in [0.05, 0.1) is 0 Å². The van der Waals surface area contributed by atoms with Gasteiger partial charge in [0.1, 0.15) is 5.82 Å². The molecule has 0 heterocycles. The zero-order valence-electron chi connectivity index (χ0n) is 18.0. The number of halogens is 2. The summed E-state index contributed by atoms with van der Waals surface area (Å²) in [6.45, 7) is 2.46. The van der Waals surface area contributed by atoms with Gasteiger partial charge in [0.2, 0.25) is 0 Å². The molecule has 2 aromatic rings. The molecule has 2 N–H and O–H groups in total. The highest BCUT2D eigenvalue weighted by Crippen LogP contribution is 2.08. The molecule has 164 valence electrons. The molecule has 0 unspecified atom stereocenters. The van der Waals surface area contributed by atoms with E-state index in [2.05, 4.69) is 15.6 Å². The molecule has 0 saturated heterocycles. The van der Waals surface area contributed by atoms with Crippen LogP contribution in [0.3, 0.4) is 0 Å². The Kier molecular flexibility index (Phi) is 11.3. The Morgan fingerprint density at radius 3 is 2.40 bits per heavy atom. The molecule has 0 spiro atoms. The standard InChI is InChI=1S/C22H30FN5O.HI/c1-24-22(28(4)16-18-8-6-10-20(23)14-18)26-15-17-7-5-9-19(13-17)21(29)25-11-12-27(2)3;/h5-10,13-14H,11-12,15-16H2,1-4H3,(H,24,26)(H,25,29);1H. The zero-order chi connectivity index (χ0) is 21.2. The monoisotopic (exact) mass is 527 g/mol. The Hall–Kier alpha value is -2.20. The summed E-state index contributed by atoms with van der Waals surface area (Å²) in [4.78, 5) is 20.5. The molecular weight excluding hydrogens is 496 g/mol. The van der Waals surface area contributed by atoms with E-state index in [1.165, 1.54) is 12.1 Å². The summed E-state index contributed by atoms with van der Waals surface area (Å²) in [5.74, 6) is 0.357. The largest absolute Gasteiger partial charge is 0.352 e. The molecule has 2 rings (SSSR count). The van der Waals surface area contributed by atoms with E-state index >= 15 is 0 Å². The second kappa shape index (κ2) is 13.2. The first kappa shape index (κ1) is 25.8. The van der Waals surface area contributed by atoms with Crippen LogP contribution in [0.1, 0.15) is 21.5 Å². The van der Waals surface area contributed by atoms with Crippen LogP contribution in [0.4, 0.5) is 4.39 Å². The minimum Gasteiger partial charge on any atom is -0.352 e. The number of nitrogens with one attached hydrogen (secondary N) is 2. The number of guanidine groups is 1. The van der Waals surface area contributed by atoms with Crippen molar-refractivity contribution in [1.29, 1.82) is 0 Å². The first-order chi connectivity index (χ1) is 13.9. The molecule has 8 heteroatoms. The van der Waals surface area contributed by atoms with Crippen LogP contribution >= 0.6 is 24.0 Å². The first-order valence-electron chi connectivity index (χ1n) is 9.57. The molecule has 0 aromatic heterocycles. The molecule has 2 aromatic carbocycles. The molecule has 0 atom stereocenters. The molecule has 1 amide bonds. The van der Waals surface area contributed by atoms with Crippen molar-refractivity contribution in [2.24, 2.45) is 4.99 Å². The van der Waals surface area contributed by atoms with Crippen LogP contribution in [0.15, 0.2) is 53.5 Å². The van der Waals surface area contributed by atoms with Gasteiger partial charge < -0.3 is 20.4 Å². The number of nitrogens with zero attached hydrogens (tertiary/aromatic N) is 3. The fourth-order valence-electron chi connectivity index (χ4n) is 2.87. The highest BCUT2D eigenvalue weighted by molar-refractivity contribution is 14.0. The van der Waals surface area contributed by atoms with Crippen LogP contribution in [-0.2, 0) is 13.1 Å². The minimum absolute atomic E-state index is 0. The average molecular weight is 527 g/mol. The van der Waals surface area contributed by atoms with Gasteiger partial charge in [-0.05, 0) is 49.5 Å². The van der Waals surface area contributed by atoms with Gasteiger partial charge in [0.15, 0.2) is 5.96 Å². The van der Waals surface area contributed by atoms with Crippen molar-refractivity contribution in [2.75, 3.05) is 41.3 Å². The fraction of sp³-hybridized carbons (Fsp3) is 0.364. The first-order valence-corrected chi connectivity index (χ1v) is 9.57. The highest BCUT2D eigenvalue weighted by Gasteiger charge is 2.09. The lowest BCUT2D eigenvalue weighted by molar-refractivity contribution is 0.0951. The number of amides is 1. The maximum Gasteiger partial charge on any atom is 0.251 e. The van der Waals surface area contributed by atoms with Crippen molar-refractivity contribution >= 4 is 35.8 Å². The van der Waals surface area contributed by atoms with E-state index in [0.29, 0.717) is 31.2 Å². The highest BCUT2D eigenvalue weighted by atomic mass is 127. The van der Waals surface area contributed by atoms with Crippen LogP contribution in [0.25, 0.3) is 0 Å². The van der Waals surface area contributed by atoms with E-state index in [-0.39, 0.29) is 35.7 Å². The van der Waals surface area contributed by atoms with E-state index in [0.717, 1.165) is 17.7 Å². The molecule has 0 aliphatic rings. The second-order valence-corrected chi connectivity index (χ2v) is 7.15. The van der Waals surface area contributed by atoms with Crippen molar-refractivity contribution < 1.29 is 9.18 Å². The number of hydrogen-bond acceptors (Lipinski definition) is 3. The average Bonchev–Trinajstić information content (AvgIpc) is 2.68. The van der Waals surface area contributed by atoms with Crippen molar-refractivity contribution in [3.63, 3.8) is 0 Å². The Morgan fingerprint density at radius 2 is 1.73 bits per heavy atom. The topological polar surface area (TPSA) is 60.0 Å². The van der Waals surface area contributed by atoms with Gasteiger partial charge in [-0.2, -0.15) is 0 Å². The Bertz CT molecular complexity index is 844. The predicted octanol–water partition coefficient (Wildman–Crippen LogP) is 2.94. The third-order valence-corrected chi connectivity index (χ3v) is 4.37. The maximum atomic E-state index is 13.4. The van der Waals surface area contributed by atoms with Crippen molar-refractivity contribution in [2.45, 2.75) is 13.1 Å². The number of aliphatic imine (C=N–C) groups is 1. The van der Waals surface area contributed by atoms with Crippen molar-refractivity contribution in [3.05, 3.63) is 71.0 Å². The number of rotatable bonds is 8. The van der Waals surface area contributed by atoms with Gasteiger partial charge in [0, 0.05) is 45.8 Å². The molecule has 0 saturated carbocycles. The minimum atomic E-state index is -0.250. The van der Waals surface area contributed by atoms with Gasteiger partial charge in [-0.25, -0.2) is 4.39 Å².